The van der Waals surface area contributed by atoms with Gasteiger partial charge in [-0.05, 0) is 25.1 Å². The maximum Gasteiger partial charge on any atom is 0.164 e. The molecule has 0 bridgehead atoms. The number of aromatic nitrogens is 3. The average Bonchev–Trinajstić information content (AvgIpc) is 3.23. The van der Waals surface area contributed by atoms with Crippen molar-refractivity contribution >= 4 is 32.3 Å². The lowest BCUT2D eigenvalue weighted by molar-refractivity contribution is 0.0989. The predicted octanol–water partition coefficient (Wildman–Crippen LogP) is 2.98. The van der Waals surface area contributed by atoms with Crippen molar-refractivity contribution in [2.45, 2.75) is 13.0 Å². The van der Waals surface area contributed by atoms with Crippen molar-refractivity contribution in [1.82, 2.24) is 15.0 Å². The molecule has 3 aromatic rings. The number of hydrogen-bond donors (Lipinski definition) is 1. The molecule has 0 unspecified atom stereocenters. The van der Waals surface area contributed by atoms with Crippen molar-refractivity contribution in [2.75, 3.05) is 49.4 Å². The van der Waals surface area contributed by atoms with E-state index < -0.39 is 9.73 Å². The predicted molar refractivity (Wildman–Crippen MR) is 118 cm³/mol. The molecule has 1 atom stereocenters. The van der Waals surface area contributed by atoms with Crippen molar-refractivity contribution in [2.24, 2.45) is 4.36 Å². The molecule has 2 fully saturated rings. The van der Waals surface area contributed by atoms with Gasteiger partial charge in [0.2, 0.25) is 0 Å². The minimum absolute atomic E-state index is 0.239. The van der Waals surface area contributed by atoms with Crippen molar-refractivity contribution in [3.63, 3.8) is 0 Å². The van der Waals surface area contributed by atoms with Crippen LogP contribution in [0.15, 0.2) is 41.0 Å². The summed E-state index contributed by atoms with van der Waals surface area (Å²) in [6.45, 7) is 5.25. The Morgan fingerprint density at radius 3 is 2.90 bits per heavy atom. The van der Waals surface area contributed by atoms with Crippen molar-refractivity contribution < 1.29 is 13.7 Å². The Bertz CT molecular complexity index is 1170. The van der Waals surface area contributed by atoms with Gasteiger partial charge in [-0.3, -0.25) is 0 Å². The average molecular weight is 428 g/mol. The molecule has 5 rings (SSSR count). The fourth-order valence-electron chi connectivity index (χ4n) is 3.99. The number of aromatic amines is 1. The van der Waals surface area contributed by atoms with E-state index >= 15 is 0 Å². The van der Waals surface area contributed by atoms with Crippen LogP contribution in [0, 0.1) is 0 Å². The first-order valence-corrected chi connectivity index (χ1v) is 12.1. The first-order valence-electron chi connectivity index (χ1n) is 10.2. The van der Waals surface area contributed by atoms with E-state index in [2.05, 4.69) is 32.2 Å². The highest BCUT2D eigenvalue weighted by Crippen LogP contribution is 2.33. The van der Waals surface area contributed by atoms with Crippen LogP contribution >= 0.6 is 0 Å². The number of anilines is 1. The first kappa shape index (κ1) is 19.5. The van der Waals surface area contributed by atoms with Gasteiger partial charge in [0.15, 0.2) is 5.82 Å². The molecule has 0 amide bonds. The molecule has 2 saturated heterocycles. The van der Waals surface area contributed by atoms with Gasteiger partial charge in [-0.2, -0.15) is 4.36 Å². The van der Waals surface area contributed by atoms with Crippen LogP contribution in [0.3, 0.4) is 0 Å². The van der Waals surface area contributed by atoms with Crippen molar-refractivity contribution in [3.05, 3.63) is 36.7 Å². The maximum atomic E-state index is 13.2. The summed E-state index contributed by atoms with van der Waals surface area (Å²) in [6.07, 6.45) is 3.65. The minimum Gasteiger partial charge on any atom is -0.379 e. The summed E-state index contributed by atoms with van der Waals surface area (Å²) in [5.41, 5.74) is 3.60. The van der Waals surface area contributed by atoms with Crippen LogP contribution < -0.4 is 4.90 Å². The fraction of sp³-hybridized carbons (Fsp3) is 0.429. The van der Waals surface area contributed by atoms with Crippen LogP contribution in [-0.4, -0.2) is 69.7 Å². The van der Waals surface area contributed by atoms with Gasteiger partial charge in [-0.25, -0.2) is 14.2 Å². The van der Waals surface area contributed by atoms with Crippen LogP contribution in [0.2, 0.25) is 0 Å². The Balaban J connectivity index is 1.66. The summed E-state index contributed by atoms with van der Waals surface area (Å²) < 4.78 is 28.8. The van der Waals surface area contributed by atoms with Gasteiger partial charge < -0.3 is 19.4 Å². The third-order valence-electron chi connectivity index (χ3n) is 5.59. The molecule has 1 N–H and O–H groups in total. The summed E-state index contributed by atoms with van der Waals surface area (Å²) in [4.78, 5) is 14.6. The second-order valence-corrected chi connectivity index (χ2v) is 10.2. The Hall–Kier alpha value is -2.49. The molecule has 2 aliphatic heterocycles. The summed E-state index contributed by atoms with van der Waals surface area (Å²) in [5, 5.41) is 0.998. The van der Waals surface area contributed by atoms with Gasteiger partial charge in [-0.1, -0.05) is 0 Å². The molecule has 0 saturated carbocycles. The van der Waals surface area contributed by atoms with Crippen LogP contribution in [0.4, 0.5) is 11.5 Å². The monoisotopic (exact) mass is 427 g/mol. The van der Waals surface area contributed by atoms with Gasteiger partial charge in [-0.15, -0.1) is 0 Å². The largest absolute Gasteiger partial charge is 0.379 e. The number of morpholine rings is 1. The quantitative estimate of drug-likeness (QED) is 0.691. The minimum atomic E-state index is -2.36. The van der Waals surface area contributed by atoms with Gasteiger partial charge in [0.05, 0.1) is 53.4 Å². The highest BCUT2D eigenvalue weighted by atomic mass is 32.2. The Kier molecular flexibility index (Phi) is 5.18. The van der Waals surface area contributed by atoms with E-state index in [1.165, 1.54) is 0 Å². The summed E-state index contributed by atoms with van der Waals surface area (Å²) in [6, 6.07) is 8.23. The van der Waals surface area contributed by atoms with E-state index in [1.807, 2.05) is 24.4 Å². The molecular formula is C21H25N5O3S. The Morgan fingerprint density at radius 1 is 1.20 bits per heavy atom. The molecule has 9 heteroatoms. The number of nitrogens with zero attached hydrogens (tertiary/aromatic N) is 4. The normalized spacial score (nSPS) is 21.6. The van der Waals surface area contributed by atoms with Gasteiger partial charge in [0, 0.05) is 47.7 Å². The number of rotatable bonds is 3. The number of nitrogens with one attached hydrogen (secondary N) is 1. The number of pyridine rings is 2. The van der Waals surface area contributed by atoms with Crippen molar-refractivity contribution in [3.8, 4) is 11.3 Å². The highest BCUT2D eigenvalue weighted by Gasteiger charge is 2.22. The van der Waals surface area contributed by atoms with Crippen LogP contribution in [0.5, 0.6) is 0 Å². The van der Waals surface area contributed by atoms with E-state index in [1.54, 1.807) is 6.20 Å². The third kappa shape index (κ3) is 3.80. The zero-order valence-corrected chi connectivity index (χ0v) is 17.7. The summed E-state index contributed by atoms with van der Waals surface area (Å²) >= 11 is 0. The maximum absolute atomic E-state index is 13.2. The molecule has 8 nitrogen and oxygen atoms in total. The molecule has 30 heavy (non-hydrogen) atoms. The Morgan fingerprint density at radius 2 is 2.07 bits per heavy atom. The van der Waals surface area contributed by atoms with Gasteiger partial charge in [0.25, 0.3) is 0 Å². The lowest BCUT2D eigenvalue weighted by atomic mass is 10.1. The molecule has 3 aromatic heterocycles. The third-order valence-corrected chi connectivity index (χ3v) is 7.71. The molecule has 2 aliphatic rings. The second-order valence-electron chi connectivity index (χ2n) is 7.67. The first-order chi connectivity index (χ1) is 14.6. The molecule has 0 spiro atoms. The van der Waals surface area contributed by atoms with Crippen LogP contribution in [0.25, 0.3) is 22.3 Å². The number of ether oxygens (including phenoxy) is 2. The van der Waals surface area contributed by atoms with E-state index in [0.717, 1.165) is 34.5 Å². The number of hydrogen-bond acceptors (Lipinski definition) is 7. The zero-order valence-electron chi connectivity index (χ0n) is 16.9. The fourth-order valence-corrected chi connectivity index (χ4v) is 5.57. The number of fused-ring (bicyclic) bond motifs is 1. The molecule has 0 aliphatic carbocycles. The molecule has 0 aromatic carbocycles. The topological polar surface area (TPSA) is 92.7 Å². The standard InChI is InChI=1S/C21H25N5O3S/c1-15-14-29-7-6-26(15)16-12-19(17-2-4-22-21-18(17)3-5-23-21)24-20(13-16)25-30(27)10-8-28-9-11-30/h2-5,12-13,15H,6-11,14H2,1H3,(H,22,23)/t15-/m1/s1. The molecule has 158 valence electrons. The van der Waals surface area contributed by atoms with E-state index in [0.29, 0.717) is 43.8 Å². The second kappa shape index (κ2) is 7.98. The molecule has 5 heterocycles. The smallest absolute Gasteiger partial charge is 0.164 e. The summed E-state index contributed by atoms with van der Waals surface area (Å²) in [5.74, 6) is 1.40. The van der Waals surface area contributed by atoms with Crippen molar-refractivity contribution in [1.29, 1.82) is 0 Å². The molecule has 0 radical (unpaired) electrons. The van der Waals surface area contributed by atoms with Gasteiger partial charge >= 0.3 is 0 Å². The Labute approximate surface area is 175 Å². The van der Waals surface area contributed by atoms with Crippen LogP contribution in [-0.2, 0) is 19.2 Å². The lowest BCUT2D eigenvalue weighted by Crippen LogP contribution is -2.43. The zero-order chi connectivity index (χ0) is 20.6. The molecular weight excluding hydrogens is 402 g/mol. The summed E-state index contributed by atoms with van der Waals surface area (Å²) in [7, 11) is -2.36. The van der Waals surface area contributed by atoms with E-state index in [9.17, 15) is 4.21 Å². The number of H-pyrrole nitrogens is 1. The highest BCUT2D eigenvalue weighted by molar-refractivity contribution is 7.93. The van der Waals surface area contributed by atoms with Gasteiger partial charge in [0.1, 0.15) is 5.65 Å². The van der Waals surface area contributed by atoms with E-state index in [-0.39, 0.29) is 6.04 Å². The van der Waals surface area contributed by atoms with Crippen LogP contribution in [0.1, 0.15) is 6.92 Å². The lowest BCUT2D eigenvalue weighted by Gasteiger charge is -2.35. The SMILES string of the molecule is C[C@@H]1COCCN1c1cc(N=S2(=O)CCOCC2)nc(-c2ccnc3[nH]ccc23)c1. The van der Waals surface area contributed by atoms with E-state index in [4.69, 9.17) is 14.5 Å².